The molecule has 1 heterocycles. The van der Waals surface area contributed by atoms with Gasteiger partial charge in [-0.3, -0.25) is 9.59 Å². The maximum Gasteiger partial charge on any atom is 0.416 e. The lowest BCUT2D eigenvalue weighted by Gasteiger charge is -2.33. The summed E-state index contributed by atoms with van der Waals surface area (Å²) in [6, 6.07) is 8.92. The molecule has 0 bridgehead atoms. The zero-order valence-corrected chi connectivity index (χ0v) is 17.9. The predicted octanol–water partition coefficient (Wildman–Crippen LogP) is 4.02. The number of rotatable bonds is 5. The molecule has 1 aliphatic rings. The maximum atomic E-state index is 13.1. The number of piperidine rings is 1. The van der Waals surface area contributed by atoms with Crippen molar-refractivity contribution in [2.75, 3.05) is 13.1 Å². The third-order valence-corrected chi connectivity index (χ3v) is 5.60. The summed E-state index contributed by atoms with van der Waals surface area (Å²) in [4.78, 5) is 26.3. The van der Waals surface area contributed by atoms with Gasteiger partial charge in [0.15, 0.2) is 0 Å². The number of nitrogens with zero attached hydrogens (tertiary/aromatic N) is 1. The van der Waals surface area contributed by atoms with E-state index < -0.39 is 41.0 Å². The first kappa shape index (κ1) is 25.5. The van der Waals surface area contributed by atoms with Gasteiger partial charge in [0.1, 0.15) is 0 Å². The fourth-order valence-electron chi connectivity index (χ4n) is 3.76. The highest BCUT2D eigenvalue weighted by Gasteiger charge is 2.38. The molecule has 3 rings (SSSR count). The summed E-state index contributed by atoms with van der Waals surface area (Å²) in [6.45, 7) is 0.130. The summed E-state index contributed by atoms with van der Waals surface area (Å²) in [5, 5.41) is 2.80. The van der Waals surface area contributed by atoms with Crippen molar-refractivity contribution in [3.63, 3.8) is 0 Å². The molecule has 1 fully saturated rings. The van der Waals surface area contributed by atoms with Crippen LogP contribution < -0.4 is 11.1 Å². The SMILES string of the molecule is N[C@H](Cc1ccccc1)C(=O)NC1CCN(C(=O)c2cc(C(F)(F)F)cc(C(F)(F)F)c2)CC1. The number of likely N-dealkylation sites (tertiary alicyclic amines) is 1. The van der Waals surface area contributed by atoms with Gasteiger partial charge < -0.3 is 16.0 Å². The van der Waals surface area contributed by atoms with Crippen LogP contribution in [0.2, 0.25) is 0 Å². The summed E-state index contributed by atoms with van der Waals surface area (Å²) >= 11 is 0. The number of halogens is 6. The molecule has 0 spiro atoms. The maximum absolute atomic E-state index is 13.1. The van der Waals surface area contributed by atoms with E-state index in [-0.39, 0.29) is 31.1 Å². The standard InChI is InChI=1S/C23H23F6N3O2/c24-22(25,26)16-11-15(12-17(13-16)23(27,28)29)21(34)32-8-6-18(7-9-32)31-20(33)19(30)10-14-4-2-1-3-5-14/h1-5,11-13,18-19H,6-10,30H2,(H,31,33)/t19-/m1/s1. The van der Waals surface area contributed by atoms with Gasteiger partial charge in [-0.1, -0.05) is 30.3 Å². The van der Waals surface area contributed by atoms with E-state index in [1.807, 2.05) is 30.3 Å². The summed E-state index contributed by atoms with van der Waals surface area (Å²) in [6.07, 6.45) is -9.15. The minimum absolute atomic E-state index is 0.0166. The molecule has 0 aliphatic carbocycles. The molecule has 2 aromatic rings. The van der Waals surface area contributed by atoms with Crippen LogP contribution in [-0.2, 0) is 23.6 Å². The van der Waals surface area contributed by atoms with Gasteiger partial charge in [-0.25, -0.2) is 0 Å². The summed E-state index contributed by atoms with van der Waals surface area (Å²) in [5.41, 5.74) is 3.08. The van der Waals surface area contributed by atoms with Gasteiger partial charge in [0, 0.05) is 24.7 Å². The summed E-state index contributed by atoms with van der Waals surface area (Å²) in [5.74, 6) is -1.30. The first-order valence-corrected chi connectivity index (χ1v) is 10.5. The van der Waals surface area contributed by atoms with Crippen LogP contribution in [0.5, 0.6) is 0 Å². The average molecular weight is 487 g/mol. The molecule has 1 aliphatic heterocycles. The van der Waals surface area contributed by atoms with E-state index in [2.05, 4.69) is 5.32 Å². The lowest BCUT2D eigenvalue weighted by Crippen LogP contribution is -2.51. The molecule has 2 amide bonds. The number of nitrogens with one attached hydrogen (secondary N) is 1. The second-order valence-electron chi connectivity index (χ2n) is 8.17. The third kappa shape index (κ3) is 6.49. The molecule has 11 heteroatoms. The van der Waals surface area contributed by atoms with Crippen LogP contribution >= 0.6 is 0 Å². The van der Waals surface area contributed by atoms with Crippen LogP contribution in [0.3, 0.4) is 0 Å². The van der Waals surface area contributed by atoms with Gasteiger partial charge >= 0.3 is 12.4 Å². The molecule has 0 aromatic heterocycles. The van der Waals surface area contributed by atoms with Crippen LogP contribution in [-0.4, -0.2) is 41.9 Å². The van der Waals surface area contributed by atoms with Crippen LogP contribution in [0.1, 0.15) is 39.9 Å². The molecular weight excluding hydrogens is 464 g/mol. The number of nitrogens with two attached hydrogens (primary N) is 1. The first-order chi connectivity index (χ1) is 15.8. The smallest absolute Gasteiger partial charge is 0.352 e. The second-order valence-corrected chi connectivity index (χ2v) is 8.17. The number of hydrogen-bond acceptors (Lipinski definition) is 3. The van der Waals surface area contributed by atoms with Crippen molar-refractivity contribution >= 4 is 11.8 Å². The molecule has 2 aromatic carbocycles. The molecular formula is C23H23F6N3O2. The lowest BCUT2D eigenvalue weighted by molar-refractivity contribution is -0.143. The second kappa shape index (κ2) is 10.0. The van der Waals surface area contributed by atoms with Crippen molar-refractivity contribution in [1.29, 1.82) is 0 Å². The Balaban J connectivity index is 1.61. The number of carbonyl (C=O) groups excluding carboxylic acids is 2. The van der Waals surface area contributed by atoms with E-state index in [0.717, 1.165) is 5.56 Å². The van der Waals surface area contributed by atoms with Gasteiger partial charge in [0.2, 0.25) is 5.91 Å². The van der Waals surface area contributed by atoms with Crippen LogP contribution in [0, 0.1) is 0 Å². The average Bonchev–Trinajstić information content (AvgIpc) is 2.78. The minimum atomic E-state index is -5.04. The van der Waals surface area contributed by atoms with Crippen LogP contribution in [0.25, 0.3) is 0 Å². The van der Waals surface area contributed by atoms with E-state index >= 15 is 0 Å². The molecule has 5 nitrogen and oxygen atoms in total. The molecule has 1 atom stereocenters. The molecule has 184 valence electrons. The molecule has 0 radical (unpaired) electrons. The third-order valence-electron chi connectivity index (χ3n) is 5.60. The number of hydrogen-bond donors (Lipinski definition) is 2. The number of benzene rings is 2. The highest BCUT2D eigenvalue weighted by atomic mass is 19.4. The number of amides is 2. The molecule has 34 heavy (non-hydrogen) atoms. The van der Waals surface area contributed by atoms with Crippen LogP contribution in [0.15, 0.2) is 48.5 Å². The fraction of sp³-hybridized carbons (Fsp3) is 0.391. The van der Waals surface area contributed by atoms with Gasteiger partial charge in [-0.05, 0) is 43.0 Å². The Morgan fingerprint density at radius 1 is 0.941 bits per heavy atom. The highest BCUT2D eigenvalue weighted by molar-refractivity contribution is 5.94. The first-order valence-electron chi connectivity index (χ1n) is 10.5. The van der Waals surface area contributed by atoms with Crippen molar-refractivity contribution < 1.29 is 35.9 Å². The Labute approximate surface area is 191 Å². The molecule has 0 unspecified atom stereocenters. The van der Waals surface area contributed by atoms with E-state index in [0.29, 0.717) is 31.4 Å². The predicted molar refractivity (Wildman–Crippen MR) is 112 cm³/mol. The minimum Gasteiger partial charge on any atom is -0.352 e. The van der Waals surface area contributed by atoms with Crippen molar-refractivity contribution in [1.82, 2.24) is 10.2 Å². The highest BCUT2D eigenvalue weighted by Crippen LogP contribution is 2.36. The summed E-state index contributed by atoms with van der Waals surface area (Å²) < 4.78 is 78.4. The molecule has 1 saturated heterocycles. The van der Waals surface area contributed by atoms with E-state index in [1.165, 1.54) is 4.90 Å². The van der Waals surface area contributed by atoms with Gasteiger partial charge in [0.05, 0.1) is 17.2 Å². The summed E-state index contributed by atoms with van der Waals surface area (Å²) in [7, 11) is 0. The van der Waals surface area contributed by atoms with Gasteiger partial charge in [0.25, 0.3) is 5.91 Å². The normalized spacial score (nSPS) is 16.3. The fourth-order valence-corrected chi connectivity index (χ4v) is 3.76. The van der Waals surface area contributed by atoms with E-state index in [9.17, 15) is 35.9 Å². The molecule has 0 saturated carbocycles. The zero-order chi connectivity index (χ0) is 25.1. The van der Waals surface area contributed by atoms with Crippen molar-refractivity contribution in [2.45, 2.75) is 43.7 Å². The number of alkyl halides is 6. The molecule has 3 N–H and O–H groups in total. The zero-order valence-electron chi connectivity index (χ0n) is 17.9. The van der Waals surface area contributed by atoms with Gasteiger partial charge in [-0.2, -0.15) is 26.3 Å². The van der Waals surface area contributed by atoms with Crippen molar-refractivity contribution in [3.8, 4) is 0 Å². The topological polar surface area (TPSA) is 75.4 Å². The van der Waals surface area contributed by atoms with Crippen molar-refractivity contribution in [2.24, 2.45) is 5.73 Å². The Morgan fingerprint density at radius 3 is 1.97 bits per heavy atom. The quantitative estimate of drug-likeness (QED) is 0.626. The largest absolute Gasteiger partial charge is 0.416 e. The van der Waals surface area contributed by atoms with E-state index in [4.69, 9.17) is 5.73 Å². The Bertz CT molecular complexity index is 983. The van der Waals surface area contributed by atoms with E-state index in [1.54, 1.807) is 0 Å². The van der Waals surface area contributed by atoms with Gasteiger partial charge in [-0.15, -0.1) is 0 Å². The van der Waals surface area contributed by atoms with Crippen molar-refractivity contribution in [3.05, 3.63) is 70.8 Å². The van der Waals surface area contributed by atoms with Crippen LogP contribution in [0.4, 0.5) is 26.3 Å². The monoisotopic (exact) mass is 487 g/mol. The lowest BCUT2D eigenvalue weighted by atomic mass is 10.00. The Morgan fingerprint density at radius 2 is 1.47 bits per heavy atom. The Kier molecular flexibility index (Phi) is 7.54. The Hall–Kier alpha value is -3.08. The number of carbonyl (C=O) groups is 2.